The molecule has 1 heterocycles. The summed E-state index contributed by atoms with van der Waals surface area (Å²) in [5.41, 5.74) is 2.84. The molecule has 0 radical (unpaired) electrons. The van der Waals surface area contributed by atoms with Gasteiger partial charge in [0.25, 0.3) is 0 Å². The van der Waals surface area contributed by atoms with Crippen LogP contribution in [0.4, 0.5) is 0 Å². The lowest BCUT2D eigenvalue weighted by molar-refractivity contribution is 0.560. The Morgan fingerprint density at radius 3 is 2.32 bits per heavy atom. The van der Waals surface area contributed by atoms with Crippen molar-refractivity contribution in [3.8, 4) is 0 Å². The summed E-state index contributed by atoms with van der Waals surface area (Å²) in [6.07, 6.45) is 2.20. The molecule has 1 nitrogen and oxygen atoms in total. The molecule has 1 aromatic heterocycles. The van der Waals surface area contributed by atoms with Crippen LogP contribution >= 0.6 is 11.3 Å². The van der Waals surface area contributed by atoms with Gasteiger partial charge in [-0.25, -0.2) is 0 Å². The molecule has 2 aromatic rings. The monoisotopic (exact) mass is 273 g/mol. The number of hydrogen-bond donors (Lipinski definition) is 1. The molecule has 19 heavy (non-hydrogen) atoms. The van der Waals surface area contributed by atoms with Crippen molar-refractivity contribution >= 4 is 11.3 Å². The van der Waals surface area contributed by atoms with Crippen molar-refractivity contribution in [1.82, 2.24) is 5.32 Å². The van der Waals surface area contributed by atoms with E-state index in [9.17, 15) is 0 Å². The maximum Gasteiger partial charge on any atom is 0.0153 e. The topological polar surface area (TPSA) is 12.0 Å². The molecule has 0 amide bonds. The third kappa shape index (κ3) is 4.19. The summed E-state index contributed by atoms with van der Waals surface area (Å²) in [5.74, 6) is 0.611. The number of hydrogen-bond acceptors (Lipinski definition) is 2. The van der Waals surface area contributed by atoms with E-state index in [0.717, 1.165) is 12.8 Å². The van der Waals surface area contributed by atoms with Gasteiger partial charge >= 0.3 is 0 Å². The normalized spacial score (nSPS) is 12.8. The number of benzene rings is 1. The highest BCUT2D eigenvalue weighted by atomic mass is 32.1. The zero-order valence-corrected chi connectivity index (χ0v) is 12.8. The molecule has 0 bridgehead atoms. The lowest BCUT2D eigenvalue weighted by Crippen LogP contribution is -2.29. The molecule has 1 unspecified atom stereocenters. The standard InChI is InChI=1S/C17H23NS/c1-13(2)15-8-6-14(7-9-15)11-16(18-3)12-17-5-4-10-19-17/h4-10,13,16,18H,11-12H2,1-3H3. The van der Waals surface area contributed by atoms with Crippen LogP contribution in [0.25, 0.3) is 0 Å². The minimum Gasteiger partial charge on any atom is -0.316 e. The van der Waals surface area contributed by atoms with Gasteiger partial charge in [0.05, 0.1) is 0 Å². The minimum absolute atomic E-state index is 0.517. The van der Waals surface area contributed by atoms with E-state index < -0.39 is 0 Å². The van der Waals surface area contributed by atoms with E-state index >= 15 is 0 Å². The van der Waals surface area contributed by atoms with Crippen LogP contribution in [0.2, 0.25) is 0 Å². The summed E-state index contributed by atoms with van der Waals surface area (Å²) in [6, 6.07) is 13.9. The van der Waals surface area contributed by atoms with Crippen molar-refractivity contribution in [2.24, 2.45) is 0 Å². The number of thiophene rings is 1. The van der Waals surface area contributed by atoms with Gasteiger partial charge in [-0.15, -0.1) is 11.3 Å². The van der Waals surface area contributed by atoms with Crippen LogP contribution in [0.1, 0.15) is 35.8 Å². The van der Waals surface area contributed by atoms with Gasteiger partial charge in [0, 0.05) is 10.9 Å². The van der Waals surface area contributed by atoms with Gasteiger partial charge in [0.15, 0.2) is 0 Å². The third-order valence-electron chi connectivity index (χ3n) is 3.56. The SMILES string of the molecule is CNC(Cc1ccc(C(C)C)cc1)Cc1cccs1. The Morgan fingerprint density at radius 2 is 1.79 bits per heavy atom. The molecule has 0 saturated carbocycles. The fourth-order valence-corrected chi connectivity index (χ4v) is 3.06. The third-order valence-corrected chi connectivity index (χ3v) is 4.46. The van der Waals surface area contributed by atoms with E-state index in [4.69, 9.17) is 0 Å². The molecule has 102 valence electrons. The Morgan fingerprint density at radius 1 is 1.05 bits per heavy atom. The lowest BCUT2D eigenvalue weighted by Gasteiger charge is -2.16. The van der Waals surface area contributed by atoms with E-state index in [0.29, 0.717) is 12.0 Å². The van der Waals surface area contributed by atoms with Crippen molar-refractivity contribution in [2.45, 2.75) is 38.6 Å². The smallest absolute Gasteiger partial charge is 0.0153 e. The van der Waals surface area contributed by atoms with E-state index in [2.05, 4.69) is 68.0 Å². The second kappa shape index (κ2) is 6.88. The Hall–Kier alpha value is -1.12. The average Bonchev–Trinajstić information content (AvgIpc) is 2.91. The van der Waals surface area contributed by atoms with Crippen LogP contribution in [-0.4, -0.2) is 13.1 Å². The zero-order valence-electron chi connectivity index (χ0n) is 12.0. The lowest BCUT2D eigenvalue weighted by atomic mass is 9.98. The van der Waals surface area contributed by atoms with Crippen LogP contribution in [0.5, 0.6) is 0 Å². The van der Waals surface area contributed by atoms with Gasteiger partial charge in [-0.1, -0.05) is 44.2 Å². The largest absolute Gasteiger partial charge is 0.316 e. The maximum absolute atomic E-state index is 3.43. The second-order valence-corrected chi connectivity index (χ2v) is 6.40. The Labute approximate surface area is 120 Å². The summed E-state index contributed by atoms with van der Waals surface area (Å²) >= 11 is 1.84. The fourth-order valence-electron chi connectivity index (χ4n) is 2.27. The molecule has 0 aliphatic carbocycles. The maximum atomic E-state index is 3.43. The van der Waals surface area contributed by atoms with Gasteiger partial charge in [0.1, 0.15) is 0 Å². The van der Waals surface area contributed by atoms with Crippen molar-refractivity contribution in [3.05, 3.63) is 57.8 Å². The van der Waals surface area contributed by atoms with E-state index in [-0.39, 0.29) is 0 Å². The van der Waals surface area contributed by atoms with Crippen LogP contribution in [0.15, 0.2) is 41.8 Å². The molecule has 1 atom stereocenters. The molecular formula is C17H23NS. The molecule has 0 aliphatic heterocycles. The van der Waals surface area contributed by atoms with Crippen LogP contribution in [-0.2, 0) is 12.8 Å². The first-order valence-corrected chi connectivity index (χ1v) is 7.85. The predicted octanol–water partition coefficient (Wildman–Crippen LogP) is 4.24. The molecule has 0 saturated heterocycles. The fraction of sp³-hybridized carbons (Fsp3) is 0.412. The van der Waals surface area contributed by atoms with E-state index in [1.54, 1.807) is 0 Å². The van der Waals surface area contributed by atoms with Crippen LogP contribution in [0, 0.1) is 0 Å². The van der Waals surface area contributed by atoms with E-state index in [1.807, 2.05) is 11.3 Å². The van der Waals surface area contributed by atoms with Crippen molar-refractivity contribution < 1.29 is 0 Å². The average molecular weight is 273 g/mol. The summed E-state index contributed by atoms with van der Waals surface area (Å²) in [7, 11) is 2.06. The zero-order chi connectivity index (χ0) is 13.7. The van der Waals surface area contributed by atoms with Crippen molar-refractivity contribution in [3.63, 3.8) is 0 Å². The summed E-state index contributed by atoms with van der Waals surface area (Å²) in [5, 5.41) is 5.59. The van der Waals surface area contributed by atoms with Crippen molar-refractivity contribution in [2.75, 3.05) is 7.05 Å². The first kappa shape index (κ1) is 14.3. The Bertz CT molecular complexity index is 470. The molecule has 1 aromatic carbocycles. The first-order chi connectivity index (χ1) is 9.19. The number of nitrogens with one attached hydrogen (secondary N) is 1. The van der Waals surface area contributed by atoms with Gasteiger partial charge in [-0.05, 0) is 48.4 Å². The molecular weight excluding hydrogens is 250 g/mol. The van der Waals surface area contributed by atoms with Gasteiger partial charge in [0.2, 0.25) is 0 Å². The Kier molecular flexibility index (Phi) is 5.17. The van der Waals surface area contributed by atoms with E-state index in [1.165, 1.54) is 16.0 Å². The number of rotatable bonds is 6. The van der Waals surface area contributed by atoms with Gasteiger partial charge in [-0.3, -0.25) is 0 Å². The predicted molar refractivity (Wildman–Crippen MR) is 85.1 cm³/mol. The summed E-state index contributed by atoms with van der Waals surface area (Å²) in [6.45, 7) is 4.48. The quantitative estimate of drug-likeness (QED) is 0.830. The second-order valence-electron chi connectivity index (χ2n) is 5.37. The highest BCUT2D eigenvalue weighted by molar-refractivity contribution is 7.09. The molecule has 1 N–H and O–H groups in total. The van der Waals surface area contributed by atoms with Gasteiger partial charge in [-0.2, -0.15) is 0 Å². The highest BCUT2D eigenvalue weighted by Crippen LogP contribution is 2.17. The molecule has 0 fully saturated rings. The molecule has 2 rings (SSSR count). The van der Waals surface area contributed by atoms with Crippen LogP contribution in [0.3, 0.4) is 0 Å². The molecule has 0 spiro atoms. The number of likely N-dealkylation sites (N-methyl/N-ethyl adjacent to an activating group) is 1. The first-order valence-electron chi connectivity index (χ1n) is 6.97. The summed E-state index contributed by atoms with van der Waals surface area (Å²) in [4.78, 5) is 1.46. The minimum atomic E-state index is 0.517. The molecule has 0 aliphatic rings. The summed E-state index contributed by atoms with van der Waals surface area (Å²) < 4.78 is 0. The molecule has 2 heteroatoms. The van der Waals surface area contributed by atoms with Gasteiger partial charge < -0.3 is 5.32 Å². The highest BCUT2D eigenvalue weighted by Gasteiger charge is 2.09. The Balaban J connectivity index is 1.97. The van der Waals surface area contributed by atoms with Crippen LogP contribution < -0.4 is 5.32 Å². The van der Waals surface area contributed by atoms with Crippen molar-refractivity contribution in [1.29, 1.82) is 0 Å².